The summed E-state index contributed by atoms with van der Waals surface area (Å²) in [4.78, 5) is 29.8. The van der Waals surface area contributed by atoms with Crippen LogP contribution in [-0.2, 0) is 16.9 Å². The summed E-state index contributed by atoms with van der Waals surface area (Å²) in [7, 11) is 1.55. The molecule has 0 spiro atoms. The van der Waals surface area contributed by atoms with Gasteiger partial charge in [-0.3, -0.25) is 14.2 Å². The minimum Gasteiger partial charge on any atom is -0.495 e. The van der Waals surface area contributed by atoms with E-state index in [0.29, 0.717) is 28.3 Å². The summed E-state index contributed by atoms with van der Waals surface area (Å²) in [5.41, 5.74) is 0.681. The number of nitrogens with one attached hydrogen (secondary N) is 1. The van der Waals surface area contributed by atoms with Gasteiger partial charge in [0.2, 0.25) is 5.91 Å². The average Bonchev–Trinajstić information content (AvgIpc) is 3.06. The summed E-state index contributed by atoms with van der Waals surface area (Å²) in [6.07, 6.45) is 1.68. The highest BCUT2D eigenvalue weighted by atomic mass is 16.5. The molecule has 0 saturated heterocycles. The van der Waals surface area contributed by atoms with Crippen LogP contribution in [0.2, 0.25) is 0 Å². The van der Waals surface area contributed by atoms with Gasteiger partial charge in [0.25, 0.3) is 5.56 Å². The number of ether oxygens (including phenoxy) is 1. The van der Waals surface area contributed by atoms with Crippen LogP contribution in [0.4, 0.5) is 5.69 Å². The second-order valence-electron chi connectivity index (χ2n) is 7.58. The Labute approximate surface area is 163 Å². The van der Waals surface area contributed by atoms with Crippen molar-refractivity contribution in [1.29, 1.82) is 0 Å². The number of rotatable bonds is 5. The van der Waals surface area contributed by atoms with Crippen molar-refractivity contribution in [1.82, 2.24) is 19.3 Å². The number of anilines is 1. The van der Waals surface area contributed by atoms with Crippen LogP contribution in [0.15, 0.2) is 35.3 Å². The van der Waals surface area contributed by atoms with E-state index in [4.69, 9.17) is 4.74 Å². The lowest BCUT2D eigenvalue weighted by molar-refractivity contribution is -0.116. The first-order chi connectivity index (χ1) is 13.2. The van der Waals surface area contributed by atoms with E-state index < -0.39 is 0 Å². The molecule has 0 aliphatic carbocycles. The highest BCUT2D eigenvalue weighted by Gasteiger charge is 2.21. The summed E-state index contributed by atoms with van der Waals surface area (Å²) in [6.45, 7) is 8.01. The fourth-order valence-corrected chi connectivity index (χ4v) is 3.03. The van der Waals surface area contributed by atoms with Gasteiger partial charge in [-0.2, -0.15) is 5.10 Å². The molecule has 8 nitrogen and oxygen atoms in total. The Bertz CT molecular complexity index is 1080. The quantitative estimate of drug-likeness (QED) is 0.731. The first-order valence-corrected chi connectivity index (χ1v) is 9.11. The van der Waals surface area contributed by atoms with E-state index in [1.807, 2.05) is 32.9 Å². The van der Waals surface area contributed by atoms with Crippen LogP contribution in [0.5, 0.6) is 5.75 Å². The molecule has 148 valence electrons. The predicted molar refractivity (Wildman–Crippen MR) is 108 cm³/mol. The predicted octanol–water partition coefficient (Wildman–Crippen LogP) is 2.69. The van der Waals surface area contributed by atoms with Crippen LogP contribution in [0.3, 0.4) is 0 Å². The molecule has 1 aromatic carbocycles. The van der Waals surface area contributed by atoms with E-state index in [2.05, 4.69) is 15.4 Å². The molecule has 0 atom stereocenters. The zero-order chi connectivity index (χ0) is 20.5. The first-order valence-electron chi connectivity index (χ1n) is 9.11. The molecule has 2 aromatic heterocycles. The Morgan fingerprint density at radius 3 is 2.64 bits per heavy atom. The lowest BCUT2D eigenvalue weighted by Crippen LogP contribution is -2.28. The summed E-state index contributed by atoms with van der Waals surface area (Å²) >= 11 is 0. The first kappa shape index (κ1) is 19.6. The number of carbonyl (C=O) groups excluding carboxylic acids is 1. The molecule has 0 unspecified atom stereocenters. The van der Waals surface area contributed by atoms with Crippen molar-refractivity contribution in [3.63, 3.8) is 0 Å². The molecule has 0 fully saturated rings. The van der Waals surface area contributed by atoms with Crippen LogP contribution < -0.4 is 15.6 Å². The van der Waals surface area contributed by atoms with Crippen molar-refractivity contribution in [2.24, 2.45) is 0 Å². The number of para-hydroxylation sites is 2. The minimum absolute atomic E-state index is 0.138. The van der Waals surface area contributed by atoms with Crippen molar-refractivity contribution in [2.45, 2.75) is 46.2 Å². The summed E-state index contributed by atoms with van der Waals surface area (Å²) in [6, 6.07) is 7.19. The smallest absolute Gasteiger partial charge is 0.264 e. The fraction of sp³-hybridized carbons (Fsp3) is 0.400. The van der Waals surface area contributed by atoms with E-state index in [1.165, 1.54) is 4.57 Å². The van der Waals surface area contributed by atoms with Crippen LogP contribution in [0.25, 0.3) is 11.0 Å². The Kier molecular flexibility index (Phi) is 5.22. The maximum atomic E-state index is 12.9. The Hall–Kier alpha value is -3.16. The minimum atomic E-state index is -0.283. The number of methoxy groups -OCH3 is 1. The molecular weight excluding hydrogens is 358 g/mol. The zero-order valence-corrected chi connectivity index (χ0v) is 16.8. The monoisotopic (exact) mass is 383 g/mol. The Morgan fingerprint density at radius 2 is 1.96 bits per heavy atom. The number of nitrogens with zero attached hydrogens (tertiary/aromatic N) is 4. The van der Waals surface area contributed by atoms with Crippen LogP contribution in [0, 0.1) is 6.92 Å². The molecule has 0 saturated carbocycles. The van der Waals surface area contributed by atoms with Gasteiger partial charge in [0.15, 0.2) is 5.65 Å². The number of aryl methyl sites for hydroxylation is 1. The van der Waals surface area contributed by atoms with Gasteiger partial charge in [0, 0.05) is 13.0 Å². The molecule has 28 heavy (non-hydrogen) atoms. The summed E-state index contributed by atoms with van der Waals surface area (Å²) in [5.74, 6) is 0.928. The van der Waals surface area contributed by atoms with Gasteiger partial charge in [0.1, 0.15) is 17.0 Å². The molecule has 1 N–H and O–H groups in total. The molecule has 1 amide bonds. The van der Waals surface area contributed by atoms with E-state index in [9.17, 15) is 9.59 Å². The van der Waals surface area contributed by atoms with Gasteiger partial charge < -0.3 is 10.1 Å². The van der Waals surface area contributed by atoms with Crippen molar-refractivity contribution in [3.8, 4) is 5.75 Å². The molecule has 0 aliphatic heterocycles. The number of aromatic nitrogens is 4. The number of amides is 1. The molecule has 8 heteroatoms. The third kappa shape index (κ3) is 3.76. The van der Waals surface area contributed by atoms with Gasteiger partial charge in [0.05, 0.1) is 24.5 Å². The standard InChI is InChI=1S/C20H25N5O3/c1-13-22-18-14(12-21-25(18)20(2,3)4)19(27)24(13)11-10-17(26)23-15-8-6-7-9-16(15)28-5/h6-9,12H,10-11H2,1-5H3,(H,23,26). The topological polar surface area (TPSA) is 91.0 Å². The lowest BCUT2D eigenvalue weighted by atomic mass is 10.1. The van der Waals surface area contributed by atoms with E-state index in [1.54, 1.807) is 37.0 Å². The van der Waals surface area contributed by atoms with Gasteiger partial charge >= 0.3 is 0 Å². The number of hydrogen-bond acceptors (Lipinski definition) is 5. The van der Waals surface area contributed by atoms with Crippen LogP contribution in [-0.4, -0.2) is 32.3 Å². The van der Waals surface area contributed by atoms with E-state index >= 15 is 0 Å². The van der Waals surface area contributed by atoms with E-state index in [-0.39, 0.29) is 30.0 Å². The number of fused-ring (bicyclic) bond motifs is 1. The SMILES string of the molecule is COc1ccccc1NC(=O)CCn1c(C)nc2c(cnn2C(C)(C)C)c1=O. The molecule has 0 radical (unpaired) electrons. The summed E-state index contributed by atoms with van der Waals surface area (Å²) in [5, 5.41) is 7.59. The number of benzene rings is 1. The maximum Gasteiger partial charge on any atom is 0.264 e. The highest BCUT2D eigenvalue weighted by Crippen LogP contribution is 2.23. The van der Waals surface area contributed by atoms with Gasteiger partial charge in [-0.25, -0.2) is 9.67 Å². The fourth-order valence-electron chi connectivity index (χ4n) is 3.03. The van der Waals surface area contributed by atoms with Crippen molar-refractivity contribution < 1.29 is 9.53 Å². The third-order valence-electron chi connectivity index (χ3n) is 4.46. The molecule has 2 heterocycles. The number of carbonyl (C=O) groups is 1. The maximum absolute atomic E-state index is 12.9. The molecule has 0 bridgehead atoms. The third-order valence-corrected chi connectivity index (χ3v) is 4.46. The highest BCUT2D eigenvalue weighted by molar-refractivity contribution is 5.92. The average molecular weight is 383 g/mol. The molecular formula is C20H25N5O3. The number of hydrogen-bond donors (Lipinski definition) is 1. The van der Waals surface area contributed by atoms with Gasteiger partial charge in [-0.15, -0.1) is 0 Å². The Balaban J connectivity index is 1.81. The van der Waals surface area contributed by atoms with Crippen molar-refractivity contribution in [2.75, 3.05) is 12.4 Å². The molecule has 0 aliphatic rings. The van der Waals surface area contributed by atoms with Gasteiger partial charge in [-0.1, -0.05) is 12.1 Å². The molecule has 3 aromatic rings. The summed E-state index contributed by atoms with van der Waals surface area (Å²) < 4.78 is 8.49. The van der Waals surface area contributed by atoms with E-state index in [0.717, 1.165) is 0 Å². The lowest BCUT2D eigenvalue weighted by Gasteiger charge is -2.20. The zero-order valence-electron chi connectivity index (χ0n) is 16.8. The van der Waals surface area contributed by atoms with Crippen LogP contribution >= 0.6 is 0 Å². The molecule has 3 rings (SSSR count). The Morgan fingerprint density at radius 1 is 1.25 bits per heavy atom. The largest absolute Gasteiger partial charge is 0.495 e. The van der Waals surface area contributed by atoms with Crippen molar-refractivity contribution >= 4 is 22.6 Å². The normalized spacial score (nSPS) is 11.6. The van der Waals surface area contributed by atoms with Gasteiger partial charge in [-0.05, 0) is 39.8 Å². The van der Waals surface area contributed by atoms with Crippen LogP contribution in [0.1, 0.15) is 33.0 Å². The second kappa shape index (κ2) is 7.46. The van der Waals surface area contributed by atoms with Crippen molar-refractivity contribution in [3.05, 3.63) is 46.6 Å². The second-order valence-corrected chi connectivity index (χ2v) is 7.58.